The van der Waals surface area contributed by atoms with Crippen molar-refractivity contribution in [1.82, 2.24) is 5.32 Å². The molecule has 0 radical (unpaired) electrons. The topological polar surface area (TPSA) is 25.2 Å². The first-order chi connectivity index (χ1) is 9.31. The van der Waals surface area contributed by atoms with E-state index in [2.05, 4.69) is 55.6 Å². The van der Waals surface area contributed by atoms with Gasteiger partial charge in [-0.2, -0.15) is 0 Å². The summed E-state index contributed by atoms with van der Waals surface area (Å²) in [6.45, 7) is 5.55. The molecule has 2 unspecified atom stereocenters. The largest absolute Gasteiger partial charge is 0.472 e. The Hall–Kier alpha value is -1.54. The van der Waals surface area contributed by atoms with Crippen molar-refractivity contribution in [1.29, 1.82) is 0 Å². The fourth-order valence-electron chi connectivity index (χ4n) is 2.51. The smallest absolute Gasteiger partial charge is 0.0934 e. The van der Waals surface area contributed by atoms with Crippen LogP contribution in [0, 0.1) is 5.92 Å². The third-order valence-corrected chi connectivity index (χ3v) is 3.48. The summed E-state index contributed by atoms with van der Waals surface area (Å²) in [4.78, 5) is 0. The predicted octanol–water partition coefficient (Wildman–Crippen LogP) is 4.20. The second-order valence-electron chi connectivity index (χ2n) is 5.16. The zero-order valence-corrected chi connectivity index (χ0v) is 11.8. The van der Waals surface area contributed by atoms with E-state index in [-0.39, 0.29) is 0 Å². The van der Waals surface area contributed by atoms with Gasteiger partial charge in [-0.3, -0.25) is 0 Å². The van der Waals surface area contributed by atoms with Gasteiger partial charge in [0.2, 0.25) is 0 Å². The minimum atomic E-state index is 0.399. The van der Waals surface area contributed by atoms with Crippen LogP contribution in [0.4, 0.5) is 0 Å². The quantitative estimate of drug-likeness (QED) is 0.804. The molecule has 1 aromatic heterocycles. The van der Waals surface area contributed by atoms with E-state index < -0.39 is 0 Å². The van der Waals surface area contributed by atoms with Crippen molar-refractivity contribution in [2.75, 3.05) is 6.54 Å². The highest BCUT2D eigenvalue weighted by Crippen LogP contribution is 2.25. The van der Waals surface area contributed by atoms with Crippen molar-refractivity contribution in [2.45, 2.75) is 32.7 Å². The predicted molar refractivity (Wildman–Crippen MR) is 79.1 cm³/mol. The Morgan fingerprint density at radius 3 is 2.58 bits per heavy atom. The van der Waals surface area contributed by atoms with Gasteiger partial charge in [-0.05, 0) is 42.5 Å². The Morgan fingerprint density at radius 2 is 1.95 bits per heavy atom. The molecule has 2 aromatic rings. The van der Waals surface area contributed by atoms with Crippen molar-refractivity contribution < 1.29 is 4.42 Å². The van der Waals surface area contributed by atoms with E-state index in [4.69, 9.17) is 4.42 Å². The van der Waals surface area contributed by atoms with Crippen LogP contribution in [-0.4, -0.2) is 6.54 Å². The summed E-state index contributed by atoms with van der Waals surface area (Å²) < 4.78 is 5.16. The Morgan fingerprint density at radius 1 is 1.16 bits per heavy atom. The van der Waals surface area contributed by atoms with Crippen molar-refractivity contribution in [2.24, 2.45) is 5.92 Å². The average molecular weight is 257 g/mol. The molecule has 1 aromatic carbocycles. The maximum atomic E-state index is 5.16. The second kappa shape index (κ2) is 7.15. The molecule has 2 nitrogen and oxygen atoms in total. The zero-order chi connectivity index (χ0) is 13.5. The minimum Gasteiger partial charge on any atom is -0.472 e. The van der Waals surface area contributed by atoms with Crippen molar-refractivity contribution in [3.63, 3.8) is 0 Å². The molecule has 2 atom stereocenters. The molecule has 0 fully saturated rings. The summed E-state index contributed by atoms with van der Waals surface area (Å²) in [6, 6.07) is 13.2. The molecule has 2 heteroatoms. The average Bonchev–Trinajstić information content (AvgIpc) is 2.93. The van der Waals surface area contributed by atoms with Crippen LogP contribution in [0.1, 0.15) is 37.4 Å². The molecule has 0 aliphatic heterocycles. The van der Waals surface area contributed by atoms with E-state index in [1.165, 1.54) is 11.1 Å². The van der Waals surface area contributed by atoms with Gasteiger partial charge in [-0.1, -0.05) is 44.2 Å². The summed E-state index contributed by atoms with van der Waals surface area (Å²) >= 11 is 0. The maximum absolute atomic E-state index is 5.16. The number of hydrogen-bond donors (Lipinski definition) is 1. The third-order valence-electron chi connectivity index (χ3n) is 3.48. The SMILES string of the molecule is CCCNC(c1ccccc1)C(C)Cc1ccoc1. The summed E-state index contributed by atoms with van der Waals surface area (Å²) in [6.07, 6.45) is 5.78. The lowest BCUT2D eigenvalue weighted by molar-refractivity contribution is 0.383. The Labute approximate surface area is 115 Å². The molecular formula is C17H23NO. The van der Waals surface area contributed by atoms with Gasteiger partial charge >= 0.3 is 0 Å². The Balaban J connectivity index is 2.08. The van der Waals surface area contributed by atoms with Gasteiger partial charge in [0, 0.05) is 6.04 Å². The molecular weight excluding hydrogens is 234 g/mol. The number of rotatable bonds is 7. The normalized spacial score (nSPS) is 14.2. The molecule has 0 amide bonds. The maximum Gasteiger partial charge on any atom is 0.0934 e. The number of hydrogen-bond acceptors (Lipinski definition) is 2. The molecule has 0 aliphatic carbocycles. The Kier molecular flexibility index (Phi) is 5.22. The second-order valence-corrected chi connectivity index (χ2v) is 5.16. The summed E-state index contributed by atoms with van der Waals surface area (Å²) in [5.41, 5.74) is 2.64. The van der Waals surface area contributed by atoms with Crippen LogP contribution in [0.5, 0.6) is 0 Å². The number of furan rings is 1. The van der Waals surface area contributed by atoms with Gasteiger partial charge in [0.15, 0.2) is 0 Å². The lowest BCUT2D eigenvalue weighted by Gasteiger charge is -2.25. The molecule has 1 N–H and O–H groups in total. The first kappa shape index (κ1) is 13.9. The molecule has 102 valence electrons. The zero-order valence-electron chi connectivity index (χ0n) is 11.8. The molecule has 0 bridgehead atoms. The molecule has 0 spiro atoms. The van der Waals surface area contributed by atoms with Gasteiger partial charge in [-0.15, -0.1) is 0 Å². The summed E-state index contributed by atoms with van der Waals surface area (Å²) in [5.74, 6) is 0.534. The molecule has 1 heterocycles. The first-order valence-electron chi connectivity index (χ1n) is 7.10. The first-order valence-corrected chi connectivity index (χ1v) is 7.10. The highest BCUT2D eigenvalue weighted by atomic mass is 16.3. The Bertz CT molecular complexity index is 449. The fourth-order valence-corrected chi connectivity index (χ4v) is 2.51. The summed E-state index contributed by atoms with van der Waals surface area (Å²) in [5, 5.41) is 3.67. The van der Waals surface area contributed by atoms with E-state index in [1.54, 1.807) is 6.26 Å². The summed E-state index contributed by atoms with van der Waals surface area (Å²) in [7, 11) is 0. The molecule has 0 aliphatic rings. The highest BCUT2D eigenvalue weighted by Gasteiger charge is 2.19. The van der Waals surface area contributed by atoms with Crippen molar-refractivity contribution in [3.8, 4) is 0 Å². The lowest BCUT2D eigenvalue weighted by Crippen LogP contribution is -2.28. The fraction of sp³-hybridized carbons (Fsp3) is 0.412. The van der Waals surface area contributed by atoms with Crippen LogP contribution in [0.3, 0.4) is 0 Å². The van der Waals surface area contributed by atoms with Crippen molar-refractivity contribution >= 4 is 0 Å². The number of nitrogens with one attached hydrogen (secondary N) is 1. The molecule has 19 heavy (non-hydrogen) atoms. The van der Waals surface area contributed by atoms with Gasteiger partial charge in [0.1, 0.15) is 0 Å². The van der Waals surface area contributed by atoms with E-state index in [0.717, 1.165) is 19.4 Å². The van der Waals surface area contributed by atoms with Crippen LogP contribution in [0.2, 0.25) is 0 Å². The van der Waals surface area contributed by atoms with Crippen LogP contribution >= 0.6 is 0 Å². The van der Waals surface area contributed by atoms with E-state index >= 15 is 0 Å². The van der Waals surface area contributed by atoms with Crippen LogP contribution < -0.4 is 5.32 Å². The van der Waals surface area contributed by atoms with Crippen molar-refractivity contribution in [3.05, 3.63) is 60.1 Å². The minimum absolute atomic E-state index is 0.399. The highest BCUT2D eigenvalue weighted by molar-refractivity contribution is 5.20. The number of benzene rings is 1. The van der Waals surface area contributed by atoms with E-state index in [0.29, 0.717) is 12.0 Å². The van der Waals surface area contributed by atoms with E-state index in [1.807, 2.05) is 6.26 Å². The van der Waals surface area contributed by atoms with Gasteiger partial charge in [0.25, 0.3) is 0 Å². The standard InChI is InChI=1S/C17H23NO/c1-3-10-18-17(16-7-5-4-6-8-16)14(2)12-15-9-11-19-13-15/h4-9,11,13-14,17-18H,3,10,12H2,1-2H3. The van der Waals surface area contributed by atoms with Gasteiger partial charge in [-0.25, -0.2) is 0 Å². The van der Waals surface area contributed by atoms with Crippen LogP contribution in [0.15, 0.2) is 53.3 Å². The third kappa shape index (κ3) is 3.97. The van der Waals surface area contributed by atoms with Crippen LogP contribution in [0.25, 0.3) is 0 Å². The molecule has 0 saturated carbocycles. The van der Waals surface area contributed by atoms with Gasteiger partial charge in [0.05, 0.1) is 12.5 Å². The van der Waals surface area contributed by atoms with Gasteiger partial charge < -0.3 is 9.73 Å². The molecule has 2 rings (SSSR count). The molecule has 0 saturated heterocycles. The monoisotopic (exact) mass is 257 g/mol. The lowest BCUT2D eigenvalue weighted by atomic mass is 9.90. The van der Waals surface area contributed by atoms with E-state index in [9.17, 15) is 0 Å². The van der Waals surface area contributed by atoms with Crippen LogP contribution in [-0.2, 0) is 6.42 Å².